The van der Waals surface area contributed by atoms with E-state index in [1.807, 2.05) is 6.92 Å². The quantitative estimate of drug-likeness (QED) is 0.702. The number of rotatable bonds is 8. The molecule has 0 fully saturated rings. The number of carboxylic acid groups (broad SMARTS) is 1. The topological polar surface area (TPSA) is 97.1 Å². The van der Waals surface area contributed by atoms with Gasteiger partial charge in [-0.15, -0.1) is 5.10 Å². The van der Waals surface area contributed by atoms with Crippen LogP contribution in [-0.4, -0.2) is 38.5 Å². The first-order valence-electron chi connectivity index (χ1n) is 6.97. The van der Waals surface area contributed by atoms with Gasteiger partial charge in [0.05, 0.1) is 5.69 Å². The molecule has 1 amide bonds. The number of hydrogen-bond acceptors (Lipinski definition) is 4. The predicted octanol–water partition coefficient (Wildman–Crippen LogP) is 1.41. The molecule has 1 aromatic heterocycles. The summed E-state index contributed by atoms with van der Waals surface area (Å²) in [5.74, 6) is -1.29. The van der Waals surface area contributed by atoms with Gasteiger partial charge < -0.3 is 10.4 Å². The zero-order valence-electron chi connectivity index (χ0n) is 12.2. The normalized spacial score (nSPS) is 12.2. The fraction of sp³-hybridized carbons (Fsp3) is 0.692. The van der Waals surface area contributed by atoms with Crippen molar-refractivity contribution in [3.05, 3.63) is 11.4 Å². The number of nitrogens with one attached hydrogen (secondary N) is 1. The highest BCUT2D eigenvalue weighted by atomic mass is 16.4. The minimum atomic E-state index is -1.12. The first-order chi connectivity index (χ1) is 9.52. The van der Waals surface area contributed by atoms with Gasteiger partial charge in [-0.3, -0.25) is 4.79 Å². The maximum Gasteiger partial charge on any atom is 0.358 e. The molecule has 0 aromatic carbocycles. The Morgan fingerprint density at radius 3 is 2.60 bits per heavy atom. The first kappa shape index (κ1) is 16.1. The number of unbranched alkanes of at least 4 members (excludes halogenated alkanes) is 2. The fourth-order valence-corrected chi connectivity index (χ4v) is 1.97. The van der Waals surface area contributed by atoms with Crippen molar-refractivity contribution in [1.29, 1.82) is 0 Å². The molecule has 0 saturated carbocycles. The van der Waals surface area contributed by atoms with Crippen LogP contribution in [0.2, 0.25) is 0 Å². The Balaban J connectivity index is 2.73. The Labute approximate surface area is 118 Å². The van der Waals surface area contributed by atoms with Crippen LogP contribution in [0.25, 0.3) is 0 Å². The Morgan fingerprint density at radius 2 is 2.05 bits per heavy atom. The van der Waals surface area contributed by atoms with Crippen LogP contribution in [0.4, 0.5) is 0 Å². The van der Waals surface area contributed by atoms with Gasteiger partial charge in [0, 0.05) is 6.54 Å². The molecular weight excluding hydrogens is 260 g/mol. The monoisotopic (exact) mass is 282 g/mol. The molecule has 0 radical (unpaired) electrons. The molecule has 0 saturated heterocycles. The van der Waals surface area contributed by atoms with Crippen LogP contribution >= 0.6 is 0 Å². The second-order valence-corrected chi connectivity index (χ2v) is 4.66. The number of nitrogens with zero attached hydrogens (tertiary/aromatic N) is 3. The first-order valence-corrected chi connectivity index (χ1v) is 6.97. The molecule has 2 N–H and O–H groups in total. The third kappa shape index (κ3) is 3.79. The van der Waals surface area contributed by atoms with E-state index in [-0.39, 0.29) is 11.6 Å². The molecule has 112 valence electrons. The highest BCUT2D eigenvalue weighted by Crippen LogP contribution is 2.13. The van der Waals surface area contributed by atoms with Crippen LogP contribution < -0.4 is 5.32 Å². The molecule has 0 aliphatic heterocycles. The van der Waals surface area contributed by atoms with Crippen molar-refractivity contribution in [2.75, 3.05) is 6.54 Å². The van der Waals surface area contributed by atoms with E-state index in [0.29, 0.717) is 18.7 Å². The Morgan fingerprint density at radius 1 is 1.35 bits per heavy atom. The van der Waals surface area contributed by atoms with E-state index in [0.717, 1.165) is 19.3 Å². The van der Waals surface area contributed by atoms with E-state index in [1.54, 1.807) is 6.92 Å². The summed E-state index contributed by atoms with van der Waals surface area (Å²) >= 11 is 0. The van der Waals surface area contributed by atoms with Crippen LogP contribution in [0.15, 0.2) is 0 Å². The number of carboxylic acids is 1. The van der Waals surface area contributed by atoms with Crippen molar-refractivity contribution in [3.63, 3.8) is 0 Å². The molecule has 20 heavy (non-hydrogen) atoms. The van der Waals surface area contributed by atoms with Crippen molar-refractivity contribution >= 4 is 11.9 Å². The average Bonchev–Trinajstić information content (AvgIpc) is 2.86. The molecule has 1 heterocycles. The molecule has 1 rings (SSSR count). The van der Waals surface area contributed by atoms with Crippen LogP contribution in [0.5, 0.6) is 0 Å². The smallest absolute Gasteiger partial charge is 0.358 e. The lowest BCUT2D eigenvalue weighted by atomic mass is 10.2. The van der Waals surface area contributed by atoms with E-state index < -0.39 is 12.0 Å². The number of aromatic nitrogens is 3. The van der Waals surface area contributed by atoms with E-state index in [9.17, 15) is 9.59 Å². The number of hydrogen-bond donors (Lipinski definition) is 2. The highest BCUT2D eigenvalue weighted by Gasteiger charge is 2.23. The van der Waals surface area contributed by atoms with Gasteiger partial charge in [-0.05, 0) is 19.8 Å². The molecule has 0 aliphatic carbocycles. The van der Waals surface area contributed by atoms with Crippen molar-refractivity contribution < 1.29 is 14.7 Å². The molecule has 0 bridgehead atoms. The second kappa shape index (κ2) is 7.62. The van der Waals surface area contributed by atoms with Gasteiger partial charge in [-0.25, -0.2) is 9.48 Å². The van der Waals surface area contributed by atoms with Gasteiger partial charge in [-0.1, -0.05) is 31.9 Å². The van der Waals surface area contributed by atoms with Crippen molar-refractivity contribution in [2.45, 2.75) is 52.5 Å². The average molecular weight is 282 g/mol. The summed E-state index contributed by atoms with van der Waals surface area (Å²) in [6, 6.07) is -0.563. The minimum absolute atomic E-state index is 0.0851. The standard InChI is InChI=1S/C13H22N4O3/c1-4-6-7-8-14-12(18)9(3)17-10(5-2)11(13(19)20)15-16-17/h9H,4-8H2,1-3H3,(H,14,18)(H,19,20). The van der Waals surface area contributed by atoms with Crippen molar-refractivity contribution in [3.8, 4) is 0 Å². The predicted molar refractivity (Wildman–Crippen MR) is 73.6 cm³/mol. The number of amides is 1. The van der Waals surface area contributed by atoms with Crippen LogP contribution in [0.1, 0.15) is 62.3 Å². The molecule has 0 aliphatic rings. The molecule has 1 atom stereocenters. The second-order valence-electron chi connectivity index (χ2n) is 4.66. The van der Waals surface area contributed by atoms with E-state index >= 15 is 0 Å². The maximum atomic E-state index is 12.0. The summed E-state index contributed by atoms with van der Waals surface area (Å²) in [6.07, 6.45) is 3.56. The van der Waals surface area contributed by atoms with Gasteiger partial charge >= 0.3 is 5.97 Å². The summed E-state index contributed by atoms with van der Waals surface area (Å²) < 4.78 is 1.39. The third-order valence-electron chi connectivity index (χ3n) is 3.15. The Kier molecular flexibility index (Phi) is 6.14. The van der Waals surface area contributed by atoms with Crippen LogP contribution in [-0.2, 0) is 11.2 Å². The highest BCUT2D eigenvalue weighted by molar-refractivity contribution is 5.87. The van der Waals surface area contributed by atoms with Crippen LogP contribution in [0, 0.1) is 0 Å². The summed E-state index contributed by atoms with van der Waals surface area (Å²) in [6.45, 7) is 6.22. The summed E-state index contributed by atoms with van der Waals surface area (Å²) in [4.78, 5) is 23.0. The lowest BCUT2D eigenvalue weighted by Gasteiger charge is -2.14. The lowest BCUT2D eigenvalue weighted by molar-refractivity contribution is -0.124. The molecule has 0 spiro atoms. The molecule has 1 unspecified atom stereocenters. The van der Waals surface area contributed by atoms with Gasteiger partial charge in [0.15, 0.2) is 5.69 Å². The largest absolute Gasteiger partial charge is 0.476 e. The zero-order valence-corrected chi connectivity index (χ0v) is 12.2. The van der Waals surface area contributed by atoms with Crippen molar-refractivity contribution in [1.82, 2.24) is 20.3 Å². The lowest BCUT2D eigenvalue weighted by Crippen LogP contribution is -2.33. The number of aromatic carboxylic acids is 1. The Hall–Kier alpha value is -1.92. The number of carbonyl (C=O) groups excluding carboxylic acids is 1. The third-order valence-corrected chi connectivity index (χ3v) is 3.15. The van der Waals surface area contributed by atoms with Gasteiger partial charge in [0.25, 0.3) is 0 Å². The summed E-state index contributed by atoms with van der Waals surface area (Å²) in [5.41, 5.74) is 0.381. The van der Waals surface area contributed by atoms with Crippen LogP contribution in [0.3, 0.4) is 0 Å². The minimum Gasteiger partial charge on any atom is -0.476 e. The zero-order chi connectivity index (χ0) is 15.1. The molecule has 1 aromatic rings. The SMILES string of the molecule is CCCCCNC(=O)C(C)n1nnc(C(=O)O)c1CC. The van der Waals surface area contributed by atoms with Crippen molar-refractivity contribution in [2.24, 2.45) is 0 Å². The Bertz CT molecular complexity index is 470. The van der Waals surface area contributed by atoms with E-state index in [2.05, 4.69) is 22.6 Å². The maximum absolute atomic E-state index is 12.0. The number of carbonyl (C=O) groups is 2. The van der Waals surface area contributed by atoms with E-state index in [4.69, 9.17) is 5.11 Å². The van der Waals surface area contributed by atoms with E-state index in [1.165, 1.54) is 4.68 Å². The van der Waals surface area contributed by atoms with Gasteiger partial charge in [0.2, 0.25) is 5.91 Å². The summed E-state index contributed by atoms with van der Waals surface area (Å²) in [7, 11) is 0. The molecule has 7 nitrogen and oxygen atoms in total. The summed E-state index contributed by atoms with van der Waals surface area (Å²) in [5, 5.41) is 19.3. The van der Waals surface area contributed by atoms with Gasteiger partial charge in [0.1, 0.15) is 6.04 Å². The molecular formula is C13H22N4O3. The fourth-order valence-electron chi connectivity index (χ4n) is 1.97. The molecule has 7 heteroatoms. The van der Waals surface area contributed by atoms with Gasteiger partial charge in [-0.2, -0.15) is 0 Å².